The van der Waals surface area contributed by atoms with Gasteiger partial charge in [-0.15, -0.1) is 0 Å². The van der Waals surface area contributed by atoms with Crippen molar-refractivity contribution in [1.82, 2.24) is 15.3 Å². The summed E-state index contributed by atoms with van der Waals surface area (Å²) < 4.78 is 0. The molecule has 0 radical (unpaired) electrons. The Balaban J connectivity index is 2.50. The van der Waals surface area contributed by atoms with Crippen LogP contribution in [0.15, 0.2) is 18.2 Å². The Bertz CT molecular complexity index is 586. The van der Waals surface area contributed by atoms with Crippen LogP contribution >= 0.6 is 23.2 Å². The molecular formula is C11H9Cl2N3O. The maximum Gasteiger partial charge on any atom is 0.251 e. The average Bonchev–Trinajstić information content (AvgIpc) is 2.30. The third kappa shape index (κ3) is 2.48. The number of nitrogens with zero attached hydrogens (tertiary/aromatic N) is 2. The summed E-state index contributed by atoms with van der Waals surface area (Å²) in [6.45, 7) is 2.43. The third-order valence-corrected chi connectivity index (χ3v) is 2.81. The van der Waals surface area contributed by atoms with Gasteiger partial charge in [0.2, 0.25) is 0 Å². The SMILES string of the molecule is CCNC(=O)c1ccc2nc(Cl)c(Cl)nc2c1. The van der Waals surface area contributed by atoms with E-state index in [-0.39, 0.29) is 16.2 Å². The highest BCUT2D eigenvalue weighted by molar-refractivity contribution is 6.40. The zero-order valence-electron chi connectivity index (χ0n) is 9.00. The first-order valence-electron chi connectivity index (χ1n) is 5.03. The molecule has 0 aliphatic heterocycles. The van der Waals surface area contributed by atoms with Crippen LogP contribution in [-0.2, 0) is 0 Å². The Morgan fingerprint density at radius 1 is 1.24 bits per heavy atom. The molecule has 2 rings (SSSR count). The van der Waals surface area contributed by atoms with Crippen molar-refractivity contribution in [3.8, 4) is 0 Å². The number of rotatable bonds is 2. The van der Waals surface area contributed by atoms with E-state index in [9.17, 15) is 4.79 Å². The van der Waals surface area contributed by atoms with Gasteiger partial charge in [-0.3, -0.25) is 4.79 Å². The van der Waals surface area contributed by atoms with Crippen molar-refractivity contribution in [1.29, 1.82) is 0 Å². The molecule has 0 saturated heterocycles. The Morgan fingerprint density at radius 3 is 2.53 bits per heavy atom. The number of halogens is 2. The van der Waals surface area contributed by atoms with Gasteiger partial charge in [0.25, 0.3) is 5.91 Å². The average molecular weight is 270 g/mol. The van der Waals surface area contributed by atoms with Gasteiger partial charge in [-0.25, -0.2) is 9.97 Å². The Labute approximate surface area is 108 Å². The summed E-state index contributed by atoms with van der Waals surface area (Å²) in [7, 11) is 0. The van der Waals surface area contributed by atoms with Crippen molar-refractivity contribution < 1.29 is 4.79 Å². The first kappa shape index (κ1) is 12.1. The minimum atomic E-state index is -0.151. The molecule has 0 unspecified atom stereocenters. The number of carbonyl (C=O) groups is 1. The summed E-state index contributed by atoms with van der Waals surface area (Å²) >= 11 is 11.5. The maximum absolute atomic E-state index is 11.6. The first-order chi connectivity index (χ1) is 8.11. The molecule has 1 amide bonds. The van der Waals surface area contributed by atoms with Crippen LogP contribution in [0.1, 0.15) is 17.3 Å². The topological polar surface area (TPSA) is 54.9 Å². The summed E-state index contributed by atoms with van der Waals surface area (Å²) in [4.78, 5) is 19.8. The molecule has 6 heteroatoms. The zero-order valence-corrected chi connectivity index (χ0v) is 10.5. The van der Waals surface area contributed by atoms with E-state index in [1.807, 2.05) is 6.92 Å². The Kier molecular flexibility index (Phi) is 3.45. The standard InChI is InChI=1S/C11H9Cl2N3O/c1-2-14-11(17)6-3-4-7-8(5-6)16-10(13)9(12)15-7/h3-5H,2H2,1H3,(H,14,17). The number of aromatic nitrogens is 2. The summed E-state index contributed by atoms with van der Waals surface area (Å²) in [5.41, 5.74) is 1.67. The molecule has 1 heterocycles. The molecule has 1 aromatic heterocycles. The third-order valence-electron chi connectivity index (χ3n) is 2.18. The lowest BCUT2D eigenvalue weighted by Gasteiger charge is -2.04. The van der Waals surface area contributed by atoms with Crippen LogP contribution in [0.25, 0.3) is 11.0 Å². The van der Waals surface area contributed by atoms with Crippen molar-refractivity contribution in [2.45, 2.75) is 6.92 Å². The van der Waals surface area contributed by atoms with Gasteiger partial charge in [-0.05, 0) is 25.1 Å². The zero-order chi connectivity index (χ0) is 12.4. The van der Waals surface area contributed by atoms with Crippen LogP contribution in [0.5, 0.6) is 0 Å². The minimum Gasteiger partial charge on any atom is -0.352 e. The van der Waals surface area contributed by atoms with E-state index in [1.165, 1.54) is 0 Å². The van der Waals surface area contributed by atoms with Crippen molar-refractivity contribution in [2.24, 2.45) is 0 Å². The van der Waals surface area contributed by atoms with Gasteiger partial charge in [-0.2, -0.15) is 0 Å². The summed E-state index contributed by atoms with van der Waals surface area (Å²) in [5.74, 6) is -0.151. The quantitative estimate of drug-likeness (QED) is 0.912. The summed E-state index contributed by atoms with van der Waals surface area (Å²) in [6.07, 6.45) is 0. The van der Waals surface area contributed by atoms with Crippen molar-refractivity contribution >= 4 is 40.1 Å². The number of hydrogen-bond donors (Lipinski definition) is 1. The van der Waals surface area contributed by atoms with Gasteiger partial charge in [0, 0.05) is 12.1 Å². The lowest BCUT2D eigenvalue weighted by atomic mass is 10.2. The molecule has 2 aromatic rings. The molecule has 0 saturated carbocycles. The smallest absolute Gasteiger partial charge is 0.251 e. The van der Waals surface area contributed by atoms with Gasteiger partial charge in [0.15, 0.2) is 10.3 Å². The fraction of sp³-hybridized carbons (Fsp3) is 0.182. The fourth-order valence-electron chi connectivity index (χ4n) is 1.42. The second kappa shape index (κ2) is 4.85. The fourth-order valence-corrected chi connectivity index (χ4v) is 1.68. The summed E-state index contributed by atoms with van der Waals surface area (Å²) in [6, 6.07) is 5.00. The van der Waals surface area contributed by atoms with Gasteiger partial charge in [0.1, 0.15) is 0 Å². The Hall–Kier alpha value is -1.39. The molecule has 1 N–H and O–H groups in total. The van der Waals surface area contributed by atoms with E-state index in [0.29, 0.717) is 23.1 Å². The van der Waals surface area contributed by atoms with Crippen LogP contribution in [0.4, 0.5) is 0 Å². The van der Waals surface area contributed by atoms with E-state index in [4.69, 9.17) is 23.2 Å². The Morgan fingerprint density at radius 2 is 1.88 bits per heavy atom. The largest absolute Gasteiger partial charge is 0.352 e. The van der Waals surface area contributed by atoms with Crippen molar-refractivity contribution in [3.05, 3.63) is 34.1 Å². The van der Waals surface area contributed by atoms with Crippen LogP contribution in [0.3, 0.4) is 0 Å². The highest BCUT2D eigenvalue weighted by Gasteiger charge is 2.08. The van der Waals surface area contributed by atoms with Gasteiger partial charge in [0.05, 0.1) is 11.0 Å². The molecule has 88 valence electrons. The second-order valence-electron chi connectivity index (χ2n) is 3.37. The van der Waals surface area contributed by atoms with Gasteiger partial charge < -0.3 is 5.32 Å². The molecule has 1 aromatic carbocycles. The van der Waals surface area contributed by atoms with Crippen LogP contribution in [0.2, 0.25) is 10.3 Å². The lowest BCUT2D eigenvalue weighted by Crippen LogP contribution is -2.22. The molecule has 0 bridgehead atoms. The molecule has 0 spiro atoms. The van der Waals surface area contributed by atoms with Crippen molar-refractivity contribution in [3.63, 3.8) is 0 Å². The lowest BCUT2D eigenvalue weighted by molar-refractivity contribution is 0.0956. The monoisotopic (exact) mass is 269 g/mol. The van der Waals surface area contributed by atoms with E-state index in [1.54, 1.807) is 18.2 Å². The number of amides is 1. The molecule has 0 aliphatic rings. The normalized spacial score (nSPS) is 10.5. The molecule has 0 atom stereocenters. The predicted octanol–water partition coefficient (Wildman–Crippen LogP) is 2.69. The number of hydrogen-bond acceptors (Lipinski definition) is 3. The van der Waals surface area contributed by atoms with Crippen LogP contribution < -0.4 is 5.32 Å². The molecule has 0 fully saturated rings. The van der Waals surface area contributed by atoms with E-state index < -0.39 is 0 Å². The van der Waals surface area contributed by atoms with Gasteiger partial charge >= 0.3 is 0 Å². The van der Waals surface area contributed by atoms with Crippen LogP contribution in [-0.4, -0.2) is 22.4 Å². The molecule has 17 heavy (non-hydrogen) atoms. The van der Waals surface area contributed by atoms with Crippen LogP contribution in [0, 0.1) is 0 Å². The molecular weight excluding hydrogens is 261 g/mol. The highest BCUT2D eigenvalue weighted by Crippen LogP contribution is 2.21. The minimum absolute atomic E-state index is 0.132. The van der Waals surface area contributed by atoms with Gasteiger partial charge in [-0.1, -0.05) is 23.2 Å². The highest BCUT2D eigenvalue weighted by atomic mass is 35.5. The molecule has 4 nitrogen and oxygen atoms in total. The number of benzene rings is 1. The van der Waals surface area contributed by atoms with E-state index >= 15 is 0 Å². The number of nitrogens with one attached hydrogen (secondary N) is 1. The number of carbonyl (C=O) groups excluding carboxylic acids is 1. The van der Waals surface area contributed by atoms with Crippen molar-refractivity contribution in [2.75, 3.05) is 6.54 Å². The second-order valence-corrected chi connectivity index (χ2v) is 4.08. The number of fused-ring (bicyclic) bond motifs is 1. The van der Waals surface area contributed by atoms with E-state index in [0.717, 1.165) is 0 Å². The summed E-state index contributed by atoms with van der Waals surface area (Å²) in [5, 5.41) is 3.00. The predicted molar refractivity (Wildman–Crippen MR) is 67.6 cm³/mol. The maximum atomic E-state index is 11.6. The van der Waals surface area contributed by atoms with E-state index in [2.05, 4.69) is 15.3 Å². The first-order valence-corrected chi connectivity index (χ1v) is 5.78. The molecule has 0 aliphatic carbocycles.